The van der Waals surface area contributed by atoms with E-state index in [4.69, 9.17) is 14.2 Å². The van der Waals surface area contributed by atoms with Crippen LogP contribution in [0, 0.1) is 0 Å². The van der Waals surface area contributed by atoms with E-state index in [2.05, 4.69) is 6.08 Å². The van der Waals surface area contributed by atoms with Crippen molar-refractivity contribution in [3.05, 3.63) is 82.5 Å². The maximum absolute atomic E-state index is 13.2. The number of benzene rings is 2. The van der Waals surface area contributed by atoms with E-state index in [1.165, 1.54) is 44.6 Å². The topological polar surface area (TPSA) is 96.0 Å². The van der Waals surface area contributed by atoms with Crippen molar-refractivity contribution in [2.24, 2.45) is 0 Å². The Morgan fingerprint density at radius 3 is 1.95 bits per heavy atom. The highest BCUT2D eigenvalue weighted by Gasteiger charge is 2.21. The minimum Gasteiger partial charge on any atom is -0.427 e. The molecule has 0 aromatic heterocycles. The fourth-order valence-corrected chi connectivity index (χ4v) is 3.55. The molecule has 200 valence electrons. The molecule has 0 heterocycles. The van der Waals surface area contributed by atoms with Crippen molar-refractivity contribution in [1.82, 2.24) is 0 Å². The molecule has 0 aliphatic rings. The number of hydrogen-bond acceptors (Lipinski definition) is 7. The van der Waals surface area contributed by atoms with Crippen molar-refractivity contribution in [3.8, 4) is 17.2 Å². The van der Waals surface area contributed by atoms with Crippen molar-refractivity contribution >= 4 is 29.8 Å². The molecule has 0 saturated heterocycles. The summed E-state index contributed by atoms with van der Waals surface area (Å²) >= 11 is 0. The number of allylic oxidation sites excluding steroid dienone is 5. The van der Waals surface area contributed by atoms with Crippen LogP contribution in [0.3, 0.4) is 0 Å². The summed E-state index contributed by atoms with van der Waals surface area (Å²) < 4.78 is 15.9. The van der Waals surface area contributed by atoms with Crippen LogP contribution >= 0.6 is 0 Å². The maximum atomic E-state index is 13.2. The van der Waals surface area contributed by atoms with E-state index < -0.39 is 23.7 Å². The minimum atomic E-state index is -0.602. The van der Waals surface area contributed by atoms with Gasteiger partial charge in [-0.15, -0.1) is 0 Å². The van der Waals surface area contributed by atoms with Crippen molar-refractivity contribution < 1.29 is 33.4 Å². The van der Waals surface area contributed by atoms with Crippen molar-refractivity contribution in [3.63, 3.8) is 0 Å². The van der Waals surface area contributed by atoms with Crippen LogP contribution in [0.4, 0.5) is 0 Å². The smallest absolute Gasteiger partial charge is 0.308 e. The summed E-state index contributed by atoms with van der Waals surface area (Å²) in [7, 11) is 0. The van der Waals surface area contributed by atoms with Crippen LogP contribution in [0.25, 0.3) is 6.08 Å². The predicted molar refractivity (Wildman–Crippen MR) is 146 cm³/mol. The second kappa shape index (κ2) is 14.5. The van der Waals surface area contributed by atoms with E-state index in [1.54, 1.807) is 30.3 Å². The molecule has 2 aromatic carbocycles. The molecule has 0 aliphatic heterocycles. The number of ketones is 1. The van der Waals surface area contributed by atoms with E-state index in [9.17, 15) is 19.2 Å². The minimum absolute atomic E-state index is 0.0597. The highest BCUT2D eigenvalue weighted by atomic mass is 16.5. The number of carbonyl (C=O) groups is 4. The van der Waals surface area contributed by atoms with Crippen LogP contribution in [0.1, 0.15) is 75.9 Å². The van der Waals surface area contributed by atoms with Gasteiger partial charge in [0.2, 0.25) is 0 Å². The fraction of sp³-hybridized carbons (Fsp3) is 0.290. The summed E-state index contributed by atoms with van der Waals surface area (Å²) in [6.07, 6.45) is 9.13. The summed E-state index contributed by atoms with van der Waals surface area (Å²) in [6.45, 7) is 9.94. The summed E-state index contributed by atoms with van der Waals surface area (Å²) in [5, 5.41) is 0. The third-order valence-corrected chi connectivity index (χ3v) is 5.30. The van der Waals surface area contributed by atoms with Crippen LogP contribution in [-0.2, 0) is 20.8 Å². The monoisotopic (exact) mass is 518 g/mol. The quantitative estimate of drug-likeness (QED) is 0.109. The zero-order chi connectivity index (χ0) is 28.2. The lowest BCUT2D eigenvalue weighted by molar-refractivity contribution is -0.133. The van der Waals surface area contributed by atoms with Gasteiger partial charge in [-0.25, -0.2) is 0 Å². The Kier molecular flexibility index (Phi) is 11.4. The van der Waals surface area contributed by atoms with Gasteiger partial charge in [-0.1, -0.05) is 41.5 Å². The Bertz CT molecular complexity index is 1270. The van der Waals surface area contributed by atoms with Gasteiger partial charge in [-0.05, 0) is 75.9 Å². The normalized spacial score (nSPS) is 11.2. The van der Waals surface area contributed by atoms with Crippen LogP contribution in [0.15, 0.2) is 65.8 Å². The first-order valence-corrected chi connectivity index (χ1v) is 12.3. The van der Waals surface area contributed by atoms with Crippen molar-refractivity contribution in [1.29, 1.82) is 0 Å². The molecule has 0 spiro atoms. The lowest BCUT2D eigenvalue weighted by Crippen LogP contribution is -2.12. The van der Waals surface area contributed by atoms with Crippen LogP contribution in [0.5, 0.6) is 17.2 Å². The van der Waals surface area contributed by atoms with Gasteiger partial charge >= 0.3 is 17.9 Å². The molecule has 0 amide bonds. The number of rotatable bonds is 11. The molecule has 0 atom stereocenters. The van der Waals surface area contributed by atoms with Gasteiger partial charge in [0.1, 0.15) is 17.2 Å². The van der Waals surface area contributed by atoms with Gasteiger partial charge in [0.25, 0.3) is 0 Å². The molecule has 2 aromatic rings. The number of carbonyl (C=O) groups excluding carboxylic acids is 4. The van der Waals surface area contributed by atoms with E-state index in [-0.39, 0.29) is 17.1 Å². The Labute approximate surface area is 223 Å². The first-order valence-electron chi connectivity index (χ1n) is 12.3. The van der Waals surface area contributed by atoms with Crippen LogP contribution < -0.4 is 14.2 Å². The molecule has 38 heavy (non-hydrogen) atoms. The Balaban J connectivity index is 2.43. The van der Waals surface area contributed by atoms with Crippen molar-refractivity contribution in [2.75, 3.05) is 0 Å². The predicted octanol–water partition coefficient (Wildman–Crippen LogP) is 6.59. The van der Waals surface area contributed by atoms with E-state index in [1.807, 2.05) is 26.8 Å². The fourth-order valence-electron chi connectivity index (χ4n) is 3.55. The molecule has 0 N–H and O–H groups in total. The zero-order valence-electron chi connectivity index (χ0n) is 22.8. The summed E-state index contributed by atoms with van der Waals surface area (Å²) in [5.41, 5.74) is 3.65. The van der Waals surface area contributed by atoms with Crippen LogP contribution in [-0.4, -0.2) is 23.7 Å². The van der Waals surface area contributed by atoms with Gasteiger partial charge in [-0.3, -0.25) is 19.2 Å². The van der Waals surface area contributed by atoms with Crippen LogP contribution in [0.2, 0.25) is 0 Å². The number of ether oxygens (including phenoxy) is 3. The first-order chi connectivity index (χ1) is 18.0. The van der Waals surface area contributed by atoms with Gasteiger partial charge in [0.05, 0.1) is 5.56 Å². The molecule has 0 bridgehead atoms. The molecular formula is C31H34O7. The second-order valence-corrected chi connectivity index (χ2v) is 9.04. The largest absolute Gasteiger partial charge is 0.427 e. The lowest BCUT2D eigenvalue weighted by Gasteiger charge is -2.16. The lowest BCUT2D eigenvalue weighted by atomic mass is 9.99. The number of esters is 3. The van der Waals surface area contributed by atoms with Gasteiger partial charge < -0.3 is 14.2 Å². The number of hydrogen-bond donors (Lipinski definition) is 0. The van der Waals surface area contributed by atoms with E-state index in [0.29, 0.717) is 23.3 Å². The molecule has 0 aliphatic carbocycles. The first kappa shape index (κ1) is 30.0. The van der Waals surface area contributed by atoms with E-state index in [0.717, 1.165) is 18.4 Å². The molecule has 2 rings (SSSR count). The molecule has 7 heteroatoms. The Morgan fingerprint density at radius 2 is 1.37 bits per heavy atom. The standard InChI is InChI=1S/C31H34O7/c1-20(2)8-7-9-21(3)10-16-28-30(37-23(5)33)19-17-27(31(28)38-24(6)34)29(35)18-13-25-11-14-26(15-12-25)36-22(4)32/h8,10-15,17-19H,7,9,16H2,1-6H3/b18-13+,21-10+. The zero-order valence-corrected chi connectivity index (χ0v) is 22.8. The van der Waals surface area contributed by atoms with Crippen molar-refractivity contribution in [2.45, 2.75) is 60.8 Å². The Morgan fingerprint density at radius 1 is 0.737 bits per heavy atom. The summed E-state index contributed by atoms with van der Waals surface area (Å²) in [6, 6.07) is 9.65. The molecule has 7 nitrogen and oxygen atoms in total. The molecular weight excluding hydrogens is 484 g/mol. The highest BCUT2D eigenvalue weighted by Crippen LogP contribution is 2.35. The average molecular weight is 519 g/mol. The molecule has 0 radical (unpaired) electrons. The SMILES string of the molecule is CC(=O)Oc1ccc(/C=C/C(=O)c2ccc(OC(C)=O)c(C/C=C(\C)CCC=C(C)C)c2OC(C)=O)cc1. The maximum Gasteiger partial charge on any atom is 0.308 e. The van der Waals surface area contributed by atoms with E-state index >= 15 is 0 Å². The molecule has 0 saturated carbocycles. The summed E-state index contributed by atoms with van der Waals surface area (Å²) in [5.74, 6) is -1.27. The van der Waals surface area contributed by atoms with Gasteiger partial charge in [0.15, 0.2) is 5.78 Å². The Hall–Kier alpha value is -4.26. The second-order valence-electron chi connectivity index (χ2n) is 9.04. The van der Waals surface area contributed by atoms with Gasteiger partial charge in [-0.2, -0.15) is 0 Å². The third-order valence-electron chi connectivity index (χ3n) is 5.30. The molecule has 0 fully saturated rings. The molecule has 0 unspecified atom stereocenters. The highest BCUT2D eigenvalue weighted by molar-refractivity contribution is 6.09. The average Bonchev–Trinajstić information content (AvgIpc) is 2.82. The summed E-state index contributed by atoms with van der Waals surface area (Å²) in [4.78, 5) is 48.0. The van der Waals surface area contributed by atoms with Gasteiger partial charge in [0, 0.05) is 26.3 Å². The third kappa shape index (κ3) is 10.0.